The zero-order valence-electron chi connectivity index (χ0n) is 13.7. The van der Waals surface area contributed by atoms with Crippen LogP contribution in [0.2, 0.25) is 0 Å². The Morgan fingerprint density at radius 3 is 1.96 bits per heavy atom. The minimum Gasteiger partial charge on any atom is -0.377 e. The molecule has 0 radical (unpaired) electrons. The molecule has 2 aromatic rings. The van der Waals surface area contributed by atoms with E-state index in [0.717, 1.165) is 0 Å². The van der Waals surface area contributed by atoms with E-state index in [-0.39, 0.29) is 24.0 Å². The van der Waals surface area contributed by atoms with Crippen molar-refractivity contribution in [2.45, 2.75) is 14.5 Å². The Balaban J connectivity index is 2.44. The fourth-order valence-corrected chi connectivity index (χ4v) is 2.93. The maximum Gasteiger partial charge on any atom is 0.250 e. The molecule has 0 saturated heterocycles. The summed E-state index contributed by atoms with van der Waals surface area (Å²) in [6, 6.07) is 4.92. The molecule has 0 spiro atoms. The normalized spacial score (nSPS) is 12.0. The molecule has 2 rings (SSSR count). The van der Waals surface area contributed by atoms with E-state index in [2.05, 4.69) is 36.2 Å². The first-order valence-corrected chi connectivity index (χ1v) is 10.3. The van der Waals surface area contributed by atoms with Gasteiger partial charge in [0.25, 0.3) is 0 Å². The van der Waals surface area contributed by atoms with Crippen LogP contribution in [0.15, 0.2) is 22.7 Å². The summed E-state index contributed by atoms with van der Waals surface area (Å²) in [4.78, 5) is 34.6. The van der Waals surface area contributed by atoms with Gasteiger partial charge in [-0.2, -0.15) is 0 Å². The number of benzene rings is 1. The van der Waals surface area contributed by atoms with Gasteiger partial charge >= 0.3 is 0 Å². The molecule has 1 heterocycles. The Hall–Kier alpha value is -0.410. The van der Waals surface area contributed by atoms with E-state index in [0.29, 0.717) is 15.7 Å². The standard InChI is InChI=1S/C15H9BrCl6N4O2/c1-6(27)10(28)5-23-7-2-3-8(9(16)4-7)11-24-12(14(17,18)19)26-13(25-11)15(20,21)22/h2-4,23H,5H2,1H3. The summed E-state index contributed by atoms with van der Waals surface area (Å²) < 4.78 is -3.41. The Labute approximate surface area is 198 Å². The van der Waals surface area contributed by atoms with Gasteiger partial charge < -0.3 is 5.32 Å². The van der Waals surface area contributed by atoms with Crippen LogP contribution < -0.4 is 5.32 Å². The lowest BCUT2D eigenvalue weighted by atomic mass is 10.2. The average Bonchev–Trinajstić information content (AvgIpc) is 2.57. The Kier molecular flexibility index (Phi) is 7.81. The van der Waals surface area contributed by atoms with Crippen LogP contribution in [-0.4, -0.2) is 33.1 Å². The highest BCUT2D eigenvalue weighted by Gasteiger charge is 2.34. The average molecular weight is 570 g/mol. The Bertz CT molecular complexity index is 897. The Morgan fingerprint density at radius 2 is 1.54 bits per heavy atom. The zero-order valence-corrected chi connectivity index (χ0v) is 19.9. The summed E-state index contributed by atoms with van der Waals surface area (Å²) in [5.74, 6) is -1.42. The van der Waals surface area contributed by atoms with E-state index in [4.69, 9.17) is 69.6 Å². The third-order valence-corrected chi connectivity index (χ3v) is 4.87. The molecule has 0 unspecified atom stereocenters. The van der Waals surface area contributed by atoms with Crippen molar-refractivity contribution in [3.63, 3.8) is 0 Å². The summed E-state index contributed by atoms with van der Waals surface area (Å²) in [7, 11) is 0. The molecule has 0 fully saturated rings. The molecule has 150 valence electrons. The third-order valence-electron chi connectivity index (χ3n) is 3.20. The quantitative estimate of drug-likeness (QED) is 0.377. The van der Waals surface area contributed by atoms with E-state index in [9.17, 15) is 9.59 Å². The van der Waals surface area contributed by atoms with Crippen molar-refractivity contribution in [2.75, 3.05) is 11.9 Å². The molecule has 13 heteroatoms. The highest BCUT2D eigenvalue weighted by molar-refractivity contribution is 9.10. The number of nitrogens with one attached hydrogen (secondary N) is 1. The highest BCUT2D eigenvalue weighted by Crippen LogP contribution is 2.41. The molecule has 0 bridgehead atoms. The van der Waals surface area contributed by atoms with Crippen molar-refractivity contribution in [3.8, 4) is 11.4 Å². The minimum atomic E-state index is -1.97. The molecule has 28 heavy (non-hydrogen) atoms. The topological polar surface area (TPSA) is 84.8 Å². The third kappa shape index (κ3) is 6.29. The molecule has 6 nitrogen and oxygen atoms in total. The lowest BCUT2D eigenvalue weighted by Crippen LogP contribution is -2.20. The lowest BCUT2D eigenvalue weighted by Gasteiger charge is -2.16. The van der Waals surface area contributed by atoms with Crippen molar-refractivity contribution < 1.29 is 9.59 Å². The molecule has 1 aromatic heterocycles. The maximum absolute atomic E-state index is 11.4. The number of Topliss-reactive ketones (excluding diaryl/α,β-unsaturated/α-hetero) is 2. The highest BCUT2D eigenvalue weighted by atomic mass is 79.9. The van der Waals surface area contributed by atoms with Gasteiger partial charge in [0, 0.05) is 22.6 Å². The van der Waals surface area contributed by atoms with Crippen molar-refractivity contribution >= 4 is 103 Å². The molecule has 1 aromatic carbocycles. The Morgan fingerprint density at radius 1 is 1.00 bits per heavy atom. The second kappa shape index (κ2) is 9.16. The number of ketones is 2. The number of carbonyl (C=O) groups is 2. The van der Waals surface area contributed by atoms with Gasteiger partial charge in [-0.05, 0) is 34.1 Å². The van der Waals surface area contributed by atoms with Gasteiger partial charge in [-0.15, -0.1) is 0 Å². The molecule has 1 N–H and O–H groups in total. The number of halogens is 7. The van der Waals surface area contributed by atoms with Gasteiger partial charge in [-0.1, -0.05) is 69.6 Å². The van der Waals surface area contributed by atoms with Crippen molar-refractivity contribution in [3.05, 3.63) is 34.3 Å². The number of alkyl halides is 6. The summed E-state index contributed by atoms with van der Waals surface area (Å²) in [5.41, 5.74) is 1.05. The minimum absolute atomic E-state index is 0.0934. The van der Waals surface area contributed by atoms with Gasteiger partial charge in [-0.3, -0.25) is 9.59 Å². The number of aromatic nitrogens is 3. The summed E-state index contributed by atoms with van der Waals surface area (Å²) in [6.45, 7) is 1.07. The van der Waals surface area contributed by atoms with Gasteiger partial charge in [0.05, 0.1) is 6.54 Å². The van der Waals surface area contributed by atoms with Crippen molar-refractivity contribution in [1.29, 1.82) is 0 Å². The van der Waals surface area contributed by atoms with Crippen LogP contribution in [0.3, 0.4) is 0 Å². The van der Waals surface area contributed by atoms with E-state index < -0.39 is 19.2 Å². The van der Waals surface area contributed by atoms with Crippen LogP contribution in [0.5, 0.6) is 0 Å². The number of hydrogen-bond donors (Lipinski definition) is 1. The van der Waals surface area contributed by atoms with E-state index in [1.807, 2.05) is 0 Å². The largest absolute Gasteiger partial charge is 0.377 e. The molecule has 0 atom stereocenters. The molecule has 0 aliphatic heterocycles. The SMILES string of the molecule is CC(=O)C(=O)CNc1ccc(-c2nc(C(Cl)(Cl)Cl)nc(C(Cl)(Cl)Cl)n2)c(Br)c1. The van der Waals surface area contributed by atoms with Gasteiger partial charge in [-0.25, -0.2) is 15.0 Å². The second-order valence-electron chi connectivity index (χ2n) is 5.33. The predicted octanol–water partition coefficient (Wildman–Crippen LogP) is 5.52. The maximum atomic E-state index is 11.4. The van der Waals surface area contributed by atoms with Crippen LogP contribution in [0.25, 0.3) is 11.4 Å². The molecular weight excluding hydrogens is 561 g/mol. The first-order chi connectivity index (χ1) is 12.8. The van der Waals surface area contributed by atoms with E-state index in [1.54, 1.807) is 18.2 Å². The first kappa shape index (κ1) is 23.9. The van der Waals surface area contributed by atoms with Crippen LogP contribution in [-0.2, 0) is 17.2 Å². The lowest BCUT2D eigenvalue weighted by molar-refractivity contribution is -0.134. The number of hydrogen-bond acceptors (Lipinski definition) is 6. The van der Waals surface area contributed by atoms with Crippen LogP contribution in [0.1, 0.15) is 18.6 Å². The summed E-state index contributed by atoms with van der Waals surface area (Å²) in [5, 5.41) is 2.84. The van der Waals surface area contributed by atoms with E-state index >= 15 is 0 Å². The summed E-state index contributed by atoms with van der Waals surface area (Å²) >= 11 is 38.6. The van der Waals surface area contributed by atoms with Gasteiger partial charge in [0.2, 0.25) is 13.4 Å². The fourth-order valence-electron chi connectivity index (χ4n) is 1.86. The van der Waals surface area contributed by atoms with Crippen LogP contribution in [0.4, 0.5) is 5.69 Å². The number of anilines is 1. The van der Waals surface area contributed by atoms with Gasteiger partial charge in [0.15, 0.2) is 23.3 Å². The monoisotopic (exact) mass is 566 g/mol. The fraction of sp³-hybridized carbons (Fsp3) is 0.267. The molecule has 0 aliphatic carbocycles. The van der Waals surface area contributed by atoms with Crippen LogP contribution >= 0.6 is 85.5 Å². The first-order valence-electron chi connectivity index (χ1n) is 7.27. The number of carbonyl (C=O) groups excluding carboxylic acids is 2. The number of rotatable bonds is 5. The van der Waals surface area contributed by atoms with Crippen molar-refractivity contribution in [2.24, 2.45) is 0 Å². The molecule has 0 aliphatic rings. The molecule has 0 saturated carbocycles. The predicted molar refractivity (Wildman–Crippen MR) is 116 cm³/mol. The van der Waals surface area contributed by atoms with Gasteiger partial charge in [0.1, 0.15) is 0 Å². The van der Waals surface area contributed by atoms with Crippen LogP contribution in [0, 0.1) is 0 Å². The van der Waals surface area contributed by atoms with Crippen molar-refractivity contribution in [1.82, 2.24) is 15.0 Å². The second-order valence-corrected chi connectivity index (χ2v) is 10.7. The smallest absolute Gasteiger partial charge is 0.250 e. The van der Waals surface area contributed by atoms with E-state index in [1.165, 1.54) is 6.92 Å². The molecule has 0 amide bonds. The zero-order chi connectivity index (χ0) is 21.3. The molecular formula is C15H9BrCl6N4O2. The summed E-state index contributed by atoms with van der Waals surface area (Å²) in [6.07, 6.45) is 0. The number of nitrogens with zero attached hydrogens (tertiary/aromatic N) is 3.